The van der Waals surface area contributed by atoms with Gasteiger partial charge in [-0.25, -0.2) is 9.97 Å². The lowest BCUT2D eigenvalue weighted by Crippen LogP contribution is -2.10. The molecule has 0 aliphatic carbocycles. The number of nitrogens with one attached hydrogen (secondary N) is 2. The van der Waals surface area contributed by atoms with Gasteiger partial charge in [0, 0.05) is 42.8 Å². The maximum atomic E-state index is 4.43. The summed E-state index contributed by atoms with van der Waals surface area (Å²) in [6.07, 6.45) is 4.58. The molecule has 0 unspecified atom stereocenters. The lowest BCUT2D eigenvalue weighted by Gasteiger charge is -2.09. The molecule has 0 aromatic carbocycles. The first-order valence-electron chi connectivity index (χ1n) is 5.99. The second-order valence-electron chi connectivity index (χ2n) is 3.86. The quantitative estimate of drug-likeness (QED) is 0.837. The molecule has 0 atom stereocenters. The molecule has 96 valence electrons. The molecule has 0 amide bonds. The Morgan fingerprint density at radius 2 is 2.17 bits per heavy atom. The zero-order valence-electron chi connectivity index (χ0n) is 10.6. The van der Waals surface area contributed by atoms with Crippen LogP contribution in [0.3, 0.4) is 0 Å². The van der Waals surface area contributed by atoms with E-state index in [0.717, 1.165) is 35.9 Å². The van der Waals surface area contributed by atoms with Crippen molar-refractivity contribution in [2.45, 2.75) is 20.3 Å². The minimum atomic E-state index is 0.667. The molecule has 0 saturated carbocycles. The van der Waals surface area contributed by atoms with Gasteiger partial charge in [-0.3, -0.25) is 0 Å². The second kappa shape index (κ2) is 6.30. The standard InChI is InChI=1S/C12H17N5S/c1-3-13-12-16-8-9(2)11(17-12)15-5-4-10-14-6-7-18-10/h6-8H,3-5H2,1-2H3,(H2,13,15,16,17). The summed E-state index contributed by atoms with van der Waals surface area (Å²) in [6.45, 7) is 5.68. The molecule has 0 bridgehead atoms. The van der Waals surface area contributed by atoms with Crippen LogP contribution in [0.2, 0.25) is 0 Å². The maximum absolute atomic E-state index is 4.43. The SMILES string of the molecule is CCNc1ncc(C)c(NCCc2nccs2)n1. The van der Waals surface area contributed by atoms with Crippen LogP contribution in [0, 0.1) is 6.92 Å². The number of aromatic nitrogens is 3. The highest BCUT2D eigenvalue weighted by atomic mass is 32.1. The maximum Gasteiger partial charge on any atom is 0.224 e. The van der Waals surface area contributed by atoms with E-state index in [9.17, 15) is 0 Å². The number of aryl methyl sites for hydroxylation is 1. The number of rotatable bonds is 6. The van der Waals surface area contributed by atoms with Gasteiger partial charge in [-0.15, -0.1) is 11.3 Å². The third kappa shape index (κ3) is 3.40. The smallest absolute Gasteiger partial charge is 0.224 e. The third-order valence-corrected chi connectivity index (χ3v) is 3.26. The molecule has 2 aromatic rings. The van der Waals surface area contributed by atoms with Crippen LogP contribution in [0.4, 0.5) is 11.8 Å². The van der Waals surface area contributed by atoms with Gasteiger partial charge in [0.05, 0.1) is 5.01 Å². The predicted octanol–water partition coefficient (Wildman–Crippen LogP) is 2.33. The fourth-order valence-electron chi connectivity index (χ4n) is 1.53. The van der Waals surface area contributed by atoms with Crippen molar-refractivity contribution in [3.63, 3.8) is 0 Å². The molecule has 0 saturated heterocycles. The van der Waals surface area contributed by atoms with Crippen molar-refractivity contribution in [1.29, 1.82) is 0 Å². The molecule has 0 fully saturated rings. The van der Waals surface area contributed by atoms with Crippen molar-refractivity contribution < 1.29 is 0 Å². The highest BCUT2D eigenvalue weighted by Crippen LogP contribution is 2.13. The molecule has 2 heterocycles. The molecule has 0 radical (unpaired) electrons. The Balaban J connectivity index is 1.93. The molecule has 0 aliphatic heterocycles. The Hall–Kier alpha value is -1.69. The first-order valence-corrected chi connectivity index (χ1v) is 6.87. The monoisotopic (exact) mass is 263 g/mol. The zero-order chi connectivity index (χ0) is 12.8. The zero-order valence-corrected chi connectivity index (χ0v) is 11.4. The molecule has 0 spiro atoms. The van der Waals surface area contributed by atoms with E-state index < -0.39 is 0 Å². The van der Waals surface area contributed by atoms with Crippen molar-refractivity contribution in [2.24, 2.45) is 0 Å². The van der Waals surface area contributed by atoms with Crippen LogP contribution in [0.15, 0.2) is 17.8 Å². The van der Waals surface area contributed by atoms with E-state index in [1.807, 2.05) is 31.6 Å². The van der Waals surface area contributed by atoms with E-state index in [1.54, 1.807) is 11.3 Å². The molecule has 2 N–H and O–H groups in total. The number of thiazole rings is 1. The summed E-state index contributed by atoms with van der Waals surface area (Å²) in [5, 5.41) is 9.57. The Morgan fingerprint density at radius 1 is 1.28 bits per heavy atom. The van der Waals surface area contributed by atoms with Crippen LogP contribution >= 0.6 is 11.3 Å². The van der Waals surface area contributed by atoms with Gasteiger partial charge in [-0.2, -0.15) is 4.98 Å². The van der Waals surface area contributed by atoms with Gasteiger partial charge in [0.15, 0.2) is 0 Å². The second-order valence-corrected chi connectivity index (χ2v) is 4.84. The van der Waals surface area contributed by atoms with Gasteiger partial charge in [0.25, 0.3) is 0 Å². The first-order chi connectivity index (χ1) is 8.79. The Bertz CT molecular complexity index is 483. The Labute approximate surface area is 111 Å². The van der Waals surface area contributed by atoms with E-state index in [1.165, 1.54) is 0 Å². The molecular formula is C12H17N5S. The van der Waals surface area contributed by atoms with Crippen molar-refractivity contribution in [2.75, 3.05) is 23.7 Å². The topological polar surface area (TPSA) is 62.7 Å². The minimum absolute atomic E-state index is 0.667. The van der Waals surface area contributed by atoms with E-state index >= 15 is 0 Å². The van der Waals surface area contributed by atoms with Gasteiger partial charge in [0.2, 0.25) is 5.95 Å². The number of anilines is 2. The number of nitrogens with zero attached hydrogens (tertiary/aromatic N) is 3. The fourth-order valence-corrected chi connectivity index (χ4v) is 2.15. The highest BCUT2D eigenvalue weighted by Gasteiger charge is 2.03. The van der Waals surface area contributed by atoms with E-state index in [4.69, 9.17) is 0 Å². The highest BCUT2D eigenvalue weighted by molar-refractivity contribution is 7.09. The van der Waals surface area contributed by atoms with Crippen LogP contribution < -0.4 is 10.6 Å². The molecule has 5 nitrogen and oxygen atoms in total. The Morgan fingerprint density at radius 3 is 2.89 bits per heavy atom. The third-order valence-electron chi connectivity index (χ3n) is 2.42. The fraction of sp³-hybridized carbons (Fsp3) is 0.417. The molecule has 0 aliphatic rings. The first kappa shape index (κ1) is 12.8. The van der Waals surface area contributed by atoms with Crippen LogP contribution in [0.1, 0.15) is 17.5 Å². The van der Waals surface area contributed by atoms with Gasteiger partial charge in [-0.1, -0.05) is 0 Å². The average molecular weight is 263 g/mol. The summed E-state index contributed by atoms with van der Waals surface area (Å²) >= 11 is 1.68. The van der Waals surface area contributed by atoms with E-state index in [2.05, 4.69) is 25.6 Å². The molecule has 2 rings (SSSR count). The predicted molar refractivity (Wildman–Crippen MR) is 75.2 cm³/mol. The number of hydrogen-bond donors (Lipinski definition) is 2. The van der Waals surface area contributed by atoms with Crippen molar-refractivity contribution in [3.8, 4) is 0 Å². The van der Waals surface area contributed by atoms with E-state index in [-0.39, 0.29) is 0 Å². The van der Waals surface area contributed by atoms with Crippen molar-refractivity contribution >= 4 is 23.1 Å². The Kier molecular flexibility index (Phi) is 4.46. The summed E-state index contributed by atoms with van der Waals surface area (Å²) in [5.74, 6) is 1.55. The normalized spacial score (nSPS) is 10.3. The summed E-state index contributed by atoms with van der Waals surface area (Å²) in [7, 11) is 0. The van der Waals surface area contributed by atoms with Crippen LogP contribution in [-0.2, 0) is 6.42 Å². The molecule has 2 aromatic heterocycles. The summed E-state index contributed by atoms with van der Waals surface area (Å²) in [6, 6.07) is 0. The van der Waals surface area contributed by atoms with Crippen molar-refractivity contribution in [3.05, 3.63) is 28.3 Å². The molecule has 6 heteroatoms. The van der Waals surface area contributed by atoms with Crippen LogP contribution in [-0.4, -0.2) is 28.0 Å². The molecule has 18 heavy (non-hydrogen) atoms. The van der Waals surface area contributed by atoms with E-state index in [0.29, 0.717) is 5.95 Å². The minimum Gasteiger partial charge on any atom is -0.369 e. The summed E-state index contributed by atoms with van der Waals surface area (Å²) < 4.78 is 0. The van der Waals surface area contributed by atoms with Crippen LogP contribution in [0.5, 0.6) is 0 Å². The number of hydrogen-bond acceptors (Lipinski definition) is 6. The lowest BCUT2D eigenvalue weighted by molar-refractivity contribution is 0.973. The van der Waals surface area contributed by atoms with Gasteiger partial charge in [0.1, 0.15) is 5.82 Å². The largest absolute Gasteiger partial charge is 0.369 e. The molecular weight excluding hydrogens is 246 g/mol. The van der Waals surface area contributed by atoms with Crippen molar-refractivity contribution in [1.82, 2.24) is 15.0 Å². The van der Waals surface area contributed by atoms with Gasteiger partial charge < -0.3 is 10.6 Å². The van der Waals surface area contributed by atoms with Crippen LogP contribution in [0.25, 0.3) is 0 Å². The summed E-state index contributed by atoms with van der Waals surface area (Å²) in [5.41, 5.74) is 1.05. The average Bonchev–Trinajstić information content (AvgIpc) is 2.86. The van der Waals surface area contributed by atoms with Gasteiger partial charge >= 0.3 is 0 Å². The lowest BCUT2D eigenvalue weighted by atomic mass is 10.3. The van der Waals surface area contributed by atoms with Gasteiger partial charge in [-0.05, 0) is 13.8 Å². The summed E-state index contributed by atoms with van der Waals surface area (Å²) in [4.78, 5) is 12.9.